The number of ether oxygens (including phenoxy) is 1. The van der Waals surface area contributed by atoms with Crippen molar-refractivity contribution in [3.05, 3.63) is 90.8 Å². The lowest BCUT2D eigenvalue weighted by Gasteiger charge is -2.27. The Kier molecular flexibility index (Phi) is 4.89. The van der Waals surface area contributed by atoms with Gasteiger partial charge in [-0.1, -0.05) is 48.5 Å². The summed E-state index contributed by atoms with van der Waals surface area (Å²) in [7, 11) is 1.56. The van der Waals surface area contributed by atoms with Gasteiger partial charge in [-0.25, -0.2) is 4.79 Å². The zero-order chi connectivity index (χ0) is 24.9. The van der Waals surface area contributed by atoms with Crippen LogP contribution in [0, 0.1) is 0 Å². The van der Waals surface area contributed by atoms with Crippen LogP contribution >= 0.6 is 0 Å². The number of aromatic nitrogens is 2. The van der Waals surface area contributed by atoms with Crippen molar-refractivity contribution in [2.75, 3.05) is 7.11 Å². The number of methoxy groups -OCH3 is 1. The fourth-order valence-electron chi connectivity index (χ4n) is 4.90. The largest absolute Gasteiger partial charge is 0.497 e. The number of imide groups is 1. The number of fused-ring (bicyclic) bond motifs is 2. The number of carbonyl (C=O) groups excluding carboxylic acids is 2. The van der Waals surface area contributed by atoms with Gasteiger partial charge in [-0.2, -0.15) is 0 Å². The smallest absolute Gasteiger partial charge is 0.322 e. The molecule has 36 heavy (non-hydrogen) atoms. The first-order valence-electron chi connectivity index (χ1n) is 11.4. The molecule has 0 radical (unpaired) electrons. The number of para-hydroxylation sites is 1. The molecular formula is C28H22N4O4. The summed E-state index contributed by atoms with van der Waals surface area (Å²) < 4.78 is 6.84. The van der Waals surface area contributed by atoms with E-state index in [0.29, 0.717) is 16.7 Å². The predicted octanol–water partition coefficient (Wildman–Crippen LogP) is 4.31. The van der Waals surface area contributed by atoms with Crippen molar-refractivity contribution >= 4 is 33.6 Å². The van der Waals surface area contributed by atoms with E-state index in [4.69, 9.17) is 4.74 Å². The van der Waals surface area contributed by atoms with Crippen LogP contribution in [-0.2, 0) is 16.9 Å². The standard InChI is InChI=1S/C28H22N4O4/c1-36-21-12-9-19-15-32(25(33)23(19)14-21)16-28(26(34)30-27(35)31-28)20-10-7-17(8-11-20)22-6-2-4-18-5-3-13-29-24(18)22/h2-15,33H,16H2,1H3,(H2,30,31,34,35)/t28-/m0/s1. The summed E-state index contributed by atoms with van der Waals surface area (Å²) in [6, 6.07) is 22.2. The second-order valence-electron chi connectivity index (χ2n) is 8.81. The van der Waals surface area contributed by atoms with Gasteiger partial charge in [0.2, 0.25) is 0 Å². The zero-order valence-electron chi connectivity index (χ0n) is 19.4. The van der Waals surface area contributed by atoms with Crippen molar-refractivity contribution in [2.45, 2.75) is 12.1 Å². The number of nitrogens with zero attached hydrogens (tertiary/aromatic N) is 2. The number of aromatic hydroxyl groups is 1. The molecule has 1 aliphatic rings. The highest BCUT2D eigenvalue weighted by atomic mass is 16.5. The van der Waals surface area contributed by atoms with Gasteiger partial charge in [0, 0.05) is 34.1 Å². The van der Waals surface area contributed by atoms with Crippen molar-refractivity contribution in [2.24, 2.45) is 0 Å². The molecule has 0 bridgehead atoms. The number of amides is 3. The van der Waals surface area contributed by atoms with Crippen LogP contribution in [0.1, 0.15) is 5.56 Å². The van der Waals surface area contributed by atoms with Crippen molar-refractivity contribution in [3.8, 4) is 22.8 Å². The Bertz CT molecular complexity index is 1650. The van der Waals surface area contributed by atoms with Crippen molar-refractivity contribution in [1.29, 1.82) is 0 Å². The maximum atomic E-state index is 13.1. The predicted molar refractivity (Wildman–Crippen MR) is 136 cm³/mol. The van der Waals surface area contributed by atoms with Gasteiger partial charge in [-0.15, -0.1) is 0 Å². The number of carbonyl (C=O) groups is 2. The third kappa shape index (κ3) is 3.34. The number of urea groups is 1. The van der Waals surface area contributed by atoms with Gasteiger partial charge in [-0.05, 0) is 35.4 Å². The van der Waals surface area contributed by atoms with E-state index in [0.717, 1.165) is 27.4 Å². The normalized spacial score (nSPS) is 17.4. The quantitative estimate of drug-likeness (QED) is 0.327. The molecule has 6 rings (SSSR count). The first-order chi connectivity index (χ1) is 17.5. The molecule has 3 aromatic carbocycles. The number of rotatable bonds is 5. The minimum atomic E-state index is -1.40. The van der Waals surface area contributed by atoms with Crippen LogP contribution in [0.5, 0.6) is 11.6 Å². The molecule has 3 amide bonds. The molecule has 3 heterocycles. The molecule has 5 aromatic rings. The van der Waals surface area contributed by atoms with E-state index >= 15 is 0 Å². The van der Waals surface area contributed by atoms with E-state index in [1.165, 1.54) is 0 Å². The molecule has 1 aliphatic heterocycles. The van der Waals surface area contributed by atoms with Crippen LogP contribution in [0.3, 0.4) is 0 Å². The fraction of sp³-hybridized carbons (Fsp3) is 0.107. The van der Waals surface area contributed by atoms with Gasteiger partial charge < -0.3 is 19.7 Å². The summed E-state index contributed by atoms with van der Waals surface area (Å²) in [5.41, 5.74) is 1.98. The topological polar surface area (TPSA) is 105 Å². The molecule has 2 aromatic heterocycles. The third-order valence-electron chi connectivity index (χ3n) is 6.74. The van der Waals surface area contributed by atoms with Gasteiger partial charge in [0.25, 0.3) is 5.91 Å². The van der Waals surface area contributed by atoms with E-state index in [1.54, 1.807) is 36.2 Å². The van der Waals surface area contributed by atoms with E-state index in [2.05, 4.69) is 15.6 Å². The van der Waals surface area contributed by atoms with E-state index in [9.17, 15) is 14.7 Å². The Balaban J connectivity index is 1.42. The van der Waals surface area contributed by atoms with Crippen molar-refractivity contribution in [1.82, 2.24) is 20.2 Å². The van der Waals surface area contributed by atoms with Gasteiger partial charge >= 0.3 is 6.03 Å². The SMILES string of the molecule is COc1ccc2cn(C[C@@]3(c4ccc(-c5cccc6cccnc56)cc4)NC(=O)NC3=O)c(O)c2c1. The maximum absolute atomic E-state index is 13.1. The summed E-state index contributed by atoms with van der Waals surface area (Å²) in [5, 5.41) is 18.5. The van der Waals surface area contributed by atoms with Crippen molar-refractivity contribution in [3.63, 3.8) is 0 Å². The average Bonchev–Trinajstić information content (AvgIpc) is 3.38. The Morgan fingerprint density at radius 1 is 1.00 bits per heavy atom. The highest BCUT2D eigenvalue weighted by molar-refractivity contribution is 6.07. The highest BCUT2D eigenvalue weighted by Crippen LogP contribution is 2.36. The summed E-state index contributed by atoms with van der Waals surface area (Å²) in [6.45, 7) is 0.00255. The lowest BCUT2D eigenvalue weighted by atomic mass is 9.88. The zero-order valence-corrected chi connectivity index (χ0v) is 19.4. The molecule has 8 heteroatoms. The maximum Gasteiger partial charge on any atom is 0.322 e. The Morgan fingerprint density at radius 3 is 2.56 bits per heavy atom. The summed E-state index contributed by atoms with van der Waals surface area (Å²) in [5.74, 6) is 0.105. The monoisotopic (exact) mass is 478 g/mol. The second-order valence-corrected chi connectivity index (χ2v) is 8.81. The molecule has 1 atom stereocenters. The number of nitrogens with one attached hydrogen (secondary N) is 2. The number of hydrogen-bond donors (Lipinski definition) is 3. The number of pyridine rings is 1. The van der Waals surface area contributed by atoms with Crippen LogP contribution in [-0.4, -0.2) is 33.7 Å². The minimum Gasteiger partial charge on any atom is -0.497 e. The van der Waals surface area contributed by atoms with Gasteiger partial charge in [0.1, 0.15) is 5.75 Å². The first-order valence-corrected chi connectivity index (χ1v) is 11.4. The third-order valence-corrected chi connectivity index (χ3v) is 6.74. The highest BCUT2D eigenvalue weighted by Gasteiger charge is 2.48. The molecular weight excluding hydrogens is 456 g/mol. The molecule has 0 aliphatic carbocycles. The Hall–Kier alpha value is -4.85. The van der Waals surface area contributed by atoms with Crippen LogP contribution in [0.25, 0.3) is 32.8 Å². The van der Waals surface area contributed by atoms with Gasteiger partial charge in [-0.3, -0.25) is 15.1 Å². The van der Waals surface area contributed by atoms with Crippen LogP contribution in [0.4, 0.5) is 4.79 Å². The van der Waals surface area contributed by atoms with E-state index in [-0.39, 0.29) is 12.4 Å². The molecule has 0 saturated carbocycles. The average molecular weight is 479 g/mol. The molecule has 1 saturated heterocycles. The van der Waals surface area contributed by atoms with E-state index < -0.39 is 17.5 Å². The Labute approximate surface area is 206 Å². The summed E-state index contributed by atoms with van der Waals surface area (Å²) >= 11 is 0. The summed E-state index contributed by atoms with van der Waals surface area (Å²) in [6.07, 6.45) is 3.51. The second kappa shape index (κ2) is 8.13. The van der Waals surface area contributed by atoms with E-state index in [1.807, 2.05) is 60.7 Å². The van der Waals surface area contributed by atoms with Gasteiger partial charge in [0.15, 0.2) is 11.4 Å². The molecule has 0 spiro atoms. The van der Waals surface area contributed by atoms with Crippen LogP contribution < -0.4 is 15.4 Å². The van der Waals surface area contributed by atoms with Gasteiger partial charge in [0.05, 0.1) is 19.2 Å². The van der Waals surface area contributed by atoms with Crippen LogP contribution in [0.2, 0.25) is 0 Å². The van der Waals surface area contributed by atoms with Crippen molar-refractivity contribution < 1.29 is 19.4 Å². The number of benzene rings is 3. The minimum absolute atomic E-state index is 0.00255. The fourth-order valence-corrected chi connectivity index (χ4v) is 4.90. The number of hydrogen-bond acceptors (Lipinski definition) is 5. The molecule has 178 valence electrons. The summed E-state index contributed by atoms with van der Waals surface area (Å²) in [4.78, 5) is 29.9. The Morgan fingerprint density at radius 2 is 1.81 bits per heavy atom. The van der Waals surface area contributed by atoms with Crippen LogP contribution in [0.15, 0.2) is 85.2 Å². The molecule has 0 unspecified atom stereocenters. The lowest BCUT2D eigenvalue weighted by Crippen LogP contribution is -2.47. The first kappa shape index (κ1) is 21.7. The molecule has 3 N–H and O–H groups in total. The lowest BCUT2D eigenvalue weighted by molar-refractivity contribution is -0.124. The molecule has 8 nitrogen and oxygen atoms in total. The molecule has 1 fully saturated rings.